The molecule has 15 heteroatoms. The van der Waals surface area contributed by atoms with Crippen LogP contribution in [0.25, 0.3) is 15.7 Å². The monoisotopic (exact) mass is 856 g/mol. The van der Waals surface area contributed by atoms with Crippen LogP contribution in [0.1, 0.15) is 72.2 Å². The van der Waals surface area contributed by atoms with E-state index in [2.05, 4.69) is 24.5 Å². The number of aromatic nitrogens is 1. The molecule has 3 atom stereocenters. The van der Waals surface area contributed by atoms with Crippen molar-refractivity contribution < 1.29 is 32.8 Å². The summed E-state index contributed by atoms with van der Waals surface area (Å²) in [5.41, 5.74) is 3.75. The molecule has 0 N–H and O–H groups in total. The van der Waals surface area contributed by atoms with Crippen LogP contribution in [0, 0.1) is 24.1 Å². The van der Waals surface area contributed by atoms with Crippen molar-refractivity contribution in [1.82, 2.24) is 19.7 Å². The van der Waals surface area contributed by atoms with Gasteiger partial charge < -0.3 is 19.6 Å². The SMILES string of the molecule is [C-]#[N+]c1ccc(N2C[C@@H](C)N(C(=O)Cc3cc(F)c(N4CCC(CN5CCN(c6ccc7c(c6)C(=O)N(C6CCC(=O)CC6=O)C7=O)CC5)CC4)cc3F)C[C@@H]2C)c2cccnc12. The van der Waals surface area contributed by atoms with Gasteiger partial charge in [-0.1, -0.05) is 12.1 Å². The first-order chi connectivity index (χ1) is 30.4. The number of benzene rings is 3. The molecule has 4 aliphatic heterocycles. The zero-order chi connectivity index (χ0) is 44.1. The average molecular weight is 857 g/mol. The first-order valence-corrected chi connectivity index (χ1v) is 22.0. The maximum Gasteiger partial charge on any atom is 0.262 e. The Bertz CT molecular complexity index is 2560. The number of anilines is 3. The number of amides is 3. The summed E-state index contributed by atoms with van der Waals surface area (Å²) < 4.78 is 31.4. The van der Waals surface area contributed by atoms with Crippen molar-refractivity contribution in [3.63, 3.8) is 0 Å². The molecule has 3 amide bonds. The van der Waals surface area contributed by atoms with Crippen LogP contribution >= 0.6 is 0 Å². The van der Waals surface area contributed by atoms with Gasteiger partial charge in [-0.3, -0.25) is 38.8 Å². The van der Waals surface area contributed by atoms with Crippen molar-refractivity contribution in [3.05, 3.63) is 101 Å². The molecule has 13 nitrogen and oxygen atoms in total. The molecule has 0 radical (unpaired) electrons. The number of Topliss-reactive ketones (excluding diaryl/α,β-unsaturated/α-hetero) is 2. The number of hydrogen-bond donors (Lipinski definition) is 0. The summed E-state index contributed by atoms with van der Waals surface area (Å²) in [7, 11) is 0. The number of fused-ring (bicyclic) bond motifs is 2. The van der Waals surface area contributed by atoms with Crippen LogP contribution in [0.3, 0.4) is 0 Å². The van der Waals surface area contributed by atoms with Gasteiger partial charge in [0.05, 0.1) is 47.8 Å². The van der Waals surface area contributed by atoms with Crippen molar-refractivity contribution in [2.45, 2.75) is 70.5 Å². The summed E-state index contributed by atoms with van der Waals surface area (Å²) in [6, 6.07) is 14.0. The largest absolute Gasteiger partial charge is 0.369 e. The molecule has 1 unspecified atom stereocenters. The molecule has 3 aromatic carbocycles. The summed E-state index contributed by atoms with van der Waals surface area (Å²) in [5, 5.41) is 0.877. The quantitative estimate of drug-likeness (QED) is 0.118. The standard InChI is InChI=1S/C48H50F2N8O5/c1-29-27-57(30(2)26-56(29)41-11-9-40(51-3)46-36(41)5-4-14-52-46)45(61)22-32-21-39(50)43(25-38(32)49)55-15-12-31(13-16-55)28-53-17-19-54(20-18-53)33-6-8-35-37(23-33)48(63)58(47(35)62)42-10-7-34(59)24-44(42)60/h4-6,8-9,11,14,21,23,25,29-31,42H,7,10,12-13,15-20,22,24,26-28H2,1-2H3/t29-,30+,42?/m0/s1. The van der Waals surface area contributed by atoms with Crippen LogP contribution in [0.5, 0.6) is 0 Å². The molecular formula is C48H50F2N8O5. The molecule has 9 rings (SSSR count). The van der Waals surface area contributed by atoms with Gasteiger partial charge in [-0.2, -0.15) is 0 Å². The van der Waals surface area contributed by atoms with E-state index in [-0.39, 0.29) is 72.1 Å². The third-order valence-corrected chi connectivity index (χ3v) is 13.8. The van der Waals surface area contributed by atoms with E-state index in [1.54, 1.807) is 29.3 Å². The first kappa shape index (κ1) is 42.1. The number of pyridine rings is 1. The fourth-order valence-corrected chi connectivity index (χ4v) is 10.3. The van der Waals surface area contributed by atoms with Crippen LogP contribution in [0.4, 0.5) is 31.5 Å². The maximum absolute atomic E-state index is 15.7. The third-order valence-electron chi connectivity index (χ3n) is 13.8. The van der Waals surface area contributed by atoms with E-state index in [1.807, 2.05) is 43.0 Å². The number of imide groups is 1. The average Bonchev–Trinajstić information content (AvgIpc) is 3.53. The van der Waals surface area contributed by atoms with Crippen LogP contribution in [-0.4, -0.2) is 126 Å². The summed E-state index contributed by atoms with van der Waals surface area (Å²) >= 11 is 0. The lowest BCUT2D eigenvalue weighted by Crippen LogP contribution is -2.58. The molecule has 63 heavy (non-hydrogen) atoms. The van der Waals surface area contributed by atoms with Crippen molar-refractivity contribution >= 4 is 62.9 Å². The highest BCUT2D eigenvalue weighted by molar-refractivity contribution is 6.24. The highest BCUT2D eigenvalue weighted by atomic mass is 19.1. The van der Waals surface area contributed by atoms with Crippen molar-refractivity contribution in [2.75, 3.05) is 73.6 Å². The van der Waals surface area contributed by atoms with Gasteiger partial charge >= 0.3 is 0 Å². The Kier molecular flexibility index (Phi) is 11.4. The molecule has 1 aromatic heterocycles. The number of ketones is 2. The number of piperazine rings is 2. The molecule has 4 fully saturated rings. The number of piperidine rings is 1. The Morgan fingerprint density at radius 1 is 0.810 bits per heavy atom. The highest BCUT2D eigenvalue weighted by Crippen LogP contribution is 2.36. The van der Waals surface area contributed by atoms with Gasteiger partial charge in [0.1, 0.15) is 17.4 Å². The van der Waals surface area contributed by atoms with E-state index in [4.69, 9.17) is 6.57 Å². The summed E-state index contributed by atoms with van der Waals surface area (Å²) in [4.78, 5) is 84.1. The Balaban J connectivity index is 0.755. The minimum absolute atomic E-state index is 0.0426. The van der Waals surface area contributed by atoms with E-state index in [0.717, 1.165) is 67.2 Å². The Labute approximate surface area is 365 Å². The van der Waals surface area contributed by atoms with Crippen molar-refractivity contribution in [2.24, 2.45) is 5.92 Å². The van der Waals surface area contributed by atoms with E-state index in [1.165, 1.54) is 12.1 Å². The molecule has 1 saturated carbocycles. The van der Waals surface area contributed by atoms with E-state index in [0.29, 0.717) is 48.9 Å². The van der Waals surface area contributed by atoms with Gasteiger partial charge in [-0.15, -0.1) is 0 Å². The van der Waals surface area contributed by atoms with E-state index < -0.39 is 29.5 Å². The predicted octanol–water partition coefficient (Wildman–Crippen LogP) is 6.06. The van der Waals surface area contributed by atoms with Crippen LogP contribution in [-0.2, 0) is 20.8 Å². The van der Waals surface area contributed by atoms with Gasteiger partial charge in [-0.05, 0) is 75.4 Å². The van der Waals surface area contributed by atoms with Crippen LogP contribution in [0.15, 0.2) is 60.8 Å². The lowest BCUT2D eigenvalue weighted by Gasteiger charge is -2.45. The number of halogens is 2. The molecular weight excluding hydrogens is 807 g/mol. The lowest BCUT2D eigenvalue weighted by atomic mass is 9.92. The number of carbonyl (C=O) groups is 5. The second kappa shape index (κ2) is 17.1. The minimum Gasteiger partial charge on any atom is -0.369 e. The number of carbonyl (C=O) groups excluding carboxylic acids is 5. The van der Waals surface area contributed by atoms with Gasteiger partial charge in [0, 0.05) is 112 Å². The first-order valence-electron chi connectivity index (χ1n) is 22.0. The Morgan fingerprint density at radius 3 is 2.32 bits per heavy atom. The summed E-state index contributed by atoms with van der Waals surface area (Å²) in [6.07, 6.45) is 3.19. The zero-order valence-corrected chi connectivity index (χ0v) is 35.6. The molecule has 5 heterocycles. The number of hydrogen-bond acceptors (Lipinski definition) is 10. The van der Waals surface area contributed by atoms with E-state index in [9.17, 15) is 24.0 Å². The molecule has 4 aromatic rings. The fourth-order valence-electron chi connectivity index (χ4n) is 10.3. The molecule has 326 valence electrons. The molecule has 1 aliphatic carbocycles. The normalized spacial score (nSPS) is 22.6. The van der Waals surface area contributed by atoms with Crippen molar-refractivity contribution in [3.8, 4) is 0 Å². The number of nitrogens with zero attached hydrogens (tertiary/aromatic N) is 8. The zero-order valence-electron chi connectivity index (χ0n) is 35.6. The van der Waals surface area contributed by atoms with E-state index >= 15 is 8.78 Å². The van der Waals surface area contributed by atoms with Gasteiger partial charge in [-0.25, -0.2) is 13.6 Å². The third kappa shape index (κ3) is 8.01. The smallest absolute Gasteiger partial charge is 0.262 e. The predicted molar refractivity (Wildman–Crippen MR) is 234 cm³/mol. The van der Waals surface area contributed by atoms with Crippen LogP contribution < -0.4 is 14.7 Å². The highest BCUT2D eigenvalue weighted by Gasteiger charge is 2.45. The summed E-state index contributed by atoms with van der Waals surface area (Å²) in [6.45, 7) is 17.6. The second-order valence-electron chi connectivity index (χ2n) is 17.7. The fraction of sp³-hybridized carbons (Fsp3) is 0.438. The maximum atomic E-state index is 15.7. The second-order valence-corrected chi connectivity index (χ2v) is 17.7. The minimum atomic E-state index is -0.895. The molecule has 0 bridgehead atoms. The van der Waals surface area contributed by atoms with Crippen molar-refractivity contribution in [1.29, 1.82) is 0 Å². The van der Waals surface area contributed by atoms with Crippen LogP contribution in [0.2, 0.25) is 0 Å². The van der Waals surface area contributed by atoms with Gasteiger partial charge in [0.2, 0.25) is 11.6 Å². The van der Waals surface area contributed by atoms with Gasteiger partial charge in [0.25, 0.3) is 11.8 Å². The summed E-state index contributed by atoms with van der Waals surface area (Å²) in [5.74, 6) is -2.50. The Morgan fingerprint density at radius 2 is 1.57 bits per heavy atom. The van der Waals surface area contributed by atoms with Gasteiger partial charge in [0.15, 0.2) is 5.78 Å². The Hall–Kier alpha value is -6.27. The molecule has 5 aliphatic rings. The molecule has 3 saturated heterocycles. The lowest BCUT2D eigenvalue weighted by molar-refractivity contribution is -0.134. The molecule has 0 spiro atoms. The number of rotatable bonds is 8. The topological polar surface area (TPSA) is 122 Å².